The number of hydrazine groups is 1. The molecule has 0 radical (unpaired) electrons. The molecule has 0 saturated carbocycles. The molecule has 0 spiro atoms. The first-order valence-electron chi connectivity index (χ1n) is 3.18. The summed E-state index contributed by atoms with van der Waals surface area (Å²) in [6.07, 6.45) is 1.84. The summed E-state index contributed by atoms with van der Waals surface area (Å²) in [5.74, 6) is 5.73. The molecule has 0 aliphatic carbocycles. The topological polar surface area (TPSA) is 68.2 Å². The van der Waals surface area contributed by atoms with Crippen LogP contribution in [-0.2, 0) is 0 Å². The zero-order chi connectivity index (χ0) is 7.68. The minimum Gasteiger partial charge on any atom is -0.292 e. The number of nitrogens with two attached hydrogens (primary N) is 1. The summed E-state index contributed by atoms with van der Waals surface area (Å²) in [5, 5.41) is 7.65. The van der Waals surface area contributed by atoms with Crippen LogP contribution in [0.1, 0.15) is 0 Å². The average Bonchev–Trinajstić information content (AvgIpc) is 2.47. The first-order chi connectivity index (χ1) is 5.42. The number of rotatable bonds is 1. The molecule has 0 bridgehead atoms. The second kappa shape index (κ2) is 2.21. The molecule has 0 unspecified atom stereocenters. The maximum Gasteiger partial charge on any atom is 0.243 e. The van der Waals surface area contributed by atoms with E-state index in [9.17, 15) is 0 Å². The first-order valence-corrected chi connectivity index (χ1v) is 3.18. The van der Waals surface area contributed by atoms with Crippen LogP contribution >= 0.6 is 0 Å². The highest BCUT2D eigenvalue weighted by Gasteiger charge is 1.99. The van der Waals surface area contributed by atoms with Crippen molar-refractivity contribution < 1.29 is 0 Å². The van der Waals surface area contributed by atoms with E-state index in [4.69, 9.17) is 5.84 Å². The Morgan fingerprint density at radius 1 is 1.36 bits per heavy atom. The largest absolute Gasteiger partial charge is 0.292 e. The summed E-state index contributed by atoms with van der Waals surface area (Å²) in [6.45, 7) is 0. The molecule has 2 heterocycles. The Morgan fingerprint density at radius 3 is 3.09 bits per heavy atom. The van der Waals surface area contributed by atoms with E-state index in [-0.39, 0.29) is 0 Å². The quantitative estimate of drug-likeness (QED) is 0.443. The van der Waals surface area contributed by atoms with Crippen molar-refractivity contribution in [2.75, 3.05) is 5.43 Å². The third kappa shape index (κ3) is 0.821. The summed E-state index contributed by atoms with van der Waals surface area (Å²) in [6, 6.07) is 5.63. The number of hydrogen-bond donors (Lipinski definition) is 2. The van der Waals surface area contributed by atoms with Gasteiger partial charge in [0.1, 0.15) is 0 Å². The third-order valence-corrected chi connectivity index (χ3v) is 1.44. The fourth-order valence-corrected chi connectivity index (χ4v) is 0.940. The van der Waals surface area contributed by atoms with Crippen LogP contribution in [0.25, 0.3) is 5.65 Å². The number of fused-ring (bicyclic) bond motifs is 1. The molecule has 11 heavy (non-hydrogen) atoms. The van der Waals surface area contributed by atoms with Gasteiger partial charge in [-0.1, -0.05) is 6.07 Å². The molecular formula is C6H7N5. The van der Waals surface area contributed by atoms with Crippen LogP contribution in [0.3, 0.4) is 0 Å². The SMILES string of the molecule is NNc1nnc2ccccn12. The molecule has 0 fully saturated rings. The Morgan fingerprint density at radius 2 is 2.27 bits per heavy atom. The van der Waals surface area contributed by atoms with Gasteiger partial charge in [-0.2, -0.15) is 0 Å². The zero-order valence-corrected chi connectivity index (χ0v) is 5.73. The van der Waals surface area contributed by atoms with E-state index < -0.39 is 0 Å². The van der Waals surface area contributed by atoms with E-state index in [0.717, 1.165) is 5.65 Å². The highest BCUT2D eigenvalue weighted by molar-refractivity contribution is 5.43. The summed E-state index contributed by atoms with van der Waals surface area (Å²) in [5.41, 5.74) is 3.22. The van der Waals surface area contributed by atoms with Crippen LogP contribution in [-0.4, -0.2) is 14.6 Å². The van der Waals surface area contributed by atoms with Crippen molar-refractivity contribution in [3.05, 3.63) is 24.4 Å². The van der Waals surface area contributed by atoms with E-state index in [2.05, 4.69) is 15.6 Å². The van der Waals surface area contributed by atoms with Crippen LogP contribution in [0.5, 0.6) is 0 Å². The zero-order valence-electron chi connectivity index (χ0n) is 5.73. The highest BCUT2D eigenvalue weighted by Crippen LogP contribution is 2.04. The van der Waals surface area contributed by atoms with E-state index in [0.29, 0.717) is 5.95 Å². The van der Waals surface area contributed by atoms with Crippen molar-refractivity contribution in [1.29, 1.82) is 0 Å². The Balaban J connectivity index is 2.76. The Kier molecular flexibility index (Phi) is 1.23. The number of aromatic nitrogens is 3. The van der Waals surface area contributed by atoms with Gasteiger partial charge in [0.05, 0.1) is 0 Å². The molecule has 56 valence electrons. The average molecular weight is 149 g/mol. The van der Waals surface area contributed by atoms with Gasteiger partial charge in [0, 0.05) is 6.20 Å². The number of nitrogens with one attached hydrogen (secondary N) is 1. The van der Waals surface area contributed by atoms with Gasteiger partial charge in [0.2, 0.25) is 5.95 Å². The van der Waals surface area contributed by atoms with Crippen LogP contribution in [0, 0.1) is 0 Å². The normalized spacial score (nSPS) is 10.3. The molecule has 2 aromatic rings. The lowest BCUT2D eigenvalue weighted by atomic mass is 10.5. The van der Waals surface area contributed by atoms with Gasteiger partial charge >= 0.3 is 0 Å². The lowest BCUT2D eigenvalue weighted by Crippen LogP contribution is -2.09. The van der Waals surface area contributed by atoms with E-state index in [1.807, 2.05) is 24.4 Å². The summed E-state index contributed by atoms with van der Waals surface area (Å²) in [7, 11) is 0. The monoisotopic (exact) mass is 149 g/mol. The van der Waals surface area contributed by atoms with Gasteiger partial charge in [-0.25, -0.2) is 5.84 Å². The second-order valence-corrected chi connectivity index (χ2v) is 2.10. The van der Waals surface area contributed by atoms with Crippen molar-refractivity contribution in [2.45, 2.75) is 0 Å². The molecule has 0 aliphatic heterocycles. The first kappa shape index (κ1) is 6.11. The number of nitrogen functional groups attached to an aromatic ring is 1. The molecule has 5 heteroatoms. The van der Waals surface area contributed by atoms with Gasteiger partial charge in [0.15, 0.2) is 5.65 Å². The number of anilines is 1. The fraction of sp³-hybridized carbons (Fsp3) is 0. The number of nitrogens with zero attached hydrogens (tertiary/aromatic N) is 3. The Bertz CT molecular complexity index is 366. The number of hydrogen-bond acceptors (Lipinski definition) is 4. The molecule has 2 rings (SSSR count). The van der Waals surface area contributed by atoms with Gasteiger partial charge < -0.3 is 0 Å². The standard InChI is InChI=1S/C6H7N5/c7-8-6-10-9-5-3-1-2-4-11(5)6/h1-4H,7H2,(H,8,10). The van der Waals surface area contributed by atoms with Crippen LogP contribution < -0.4 is 11.3 Å². The van der Waals surface area contributed by atoms with Crippen molar-refractivity contribution in [3.63, 3.8) is 0 Å². The summed E-state index contributed by atoms with van der Waals surface area (Å²) >= 11 is 0. The molecule has 5 nitrogen and oxygen atoms in total. The lowest BCUT2D eigenvalue weighted by Gasteiger charge is -1.94. The summed E-state index contributed by atoms with van der Waals surface area (Å²) in [4.78, 5) is 0. The maximum absolute atomic E-state index is 5.19. The predicted octanol–water partition coefficient (Wildman–Crippen LogP) is 0.0149. The summed E-state index contributed by atoms with van der Waals surface area (Å²) < 4.78 is 1.76. The molecule has 0 saturated heterocycles. The molecule has 0 amide bonds. The minimum atomic E-state index is 0.542. The molecule has 0 aliphatic rings. The van der Waals surface area contributed by atoms with Gasteiger partial charge in [-0.15, -0.1) is 10.2 Å². The lowest BCUT2D eigenvalue weighted by molar-refractivity contribution is 1.07. The van der Waals surface area contributed by atoms with Gasteiger partial charge in [-0.3, -0.25) is 9.83 Å². The smallest absolute Gasteiger partial charge is 0.243 e. The fourth-order valence-electron chi connectivity index (χ4n) is 0.940. The number of pyridine rings is 1. The van der Waals surface area contributed by atoms with Crippen molar-refractivity contribution in [3.8, 4) is 0 Å². The molecule has 0 atom stereocenters. The van der Waals surface area contributed by atoms with E-state index in [1.54, 1.807) is 4.40 Å². The second-order valence-electron chi connectivity index (χ2n) is 2.10. The third-order valence-electron chi connectivity index (χ3n) is 1.44. The van der Waals surface area contributed by atoms with Crippen LogP contribution in [0.15, 0.2) is 24.4 Å². The maximum atomic E-state index is 5.19. The minimum absolute atomic E-state index is 0.542. The molecule has 3 N–H and O–H groups in total. The van der Waals surface area contributed by atoms with Gasteiger partial charge in [0.25, 0.3) is 0 Å². The van der Waals surface area contributed by atoms with E-state index >= 15 is 0 Å². The van der Waals surface area contributed by atoms with Crippen molar-refractivity contribution in [1.82, 2.24) is 14.6 Å². The Labute approximate surface area is 62.8 Å². The van der Waals surface area contributed by atoms with Crippen molar-refractivity contribution >= 4 is 11.6 Å². The van der Waals surface area contributed by atoms with Crippen LogP contribution in [0.4, 0.5) is 5.95 Å². The molecule has 0 aromatic carbocycles. The molecular weight excluding hydrogens is 142 g/mol. The van der Waals surface area contributed by atoms with Crippen LogP contribution in [0.2, 0.25) is 0 Å². The predicted molar refractivity (Wildman–Crippen MR) is 40.8 cm³/mol. The van der Waals surface area contributed by atoms with E-state index in [1.165, 1.54) is 0 Å². The van der Waals surface area contributed by atoms with Crippen molar-refractivity contribution in [2.24, 2.45) is 5.84 Å². The Hall–Kier alpha value is -1.62. The molecule has 2 aromatic heterocycles. The van der Waals surface area contributed by atoms with Gasteiger partial charge in [-0.05, 0) is 12.1 Å². The highest BCUT2D eigenvalue weighted by atomic mass is 15.4.